The van der Waals surface area contributed by atoms with Crippen LogP contribution in [0.2, 0.25) is 0 Å². The fourth-order valence-corrected chi connectivity index (χ4v) is 6.91. The van der Waals surface area contributed by atoms with Crippen LogP contribution in [0.5, 0.6) is 0 Å². The van der Waals surface area contributed by atoms with Crippen LogP contribution in [0.1, 0.15) is 41.4 Å². The first-order chi connectivity index (χ1) is 18.5. The van der Waals surface area contributed by atoms with E-state index >= 15 is 0 Å². The minimum atomic E-state index is -0.418. The maximum absolute atomic E-state index is 13.3. The van der Waals surface area contributed by atoms with Gasteiger partial charge in [-0.05, 0) is 66.0 Å². The highest BCUT2D eigenvalue weighted by Gasteiger charge is 2.34. The molecular formula is C32H14N2O4. The number of rotatable bonds is 0. The lowest BCUT2D eigenvalue weighted by molar-refractivity contribution is 0.0829. The molecule has 9 rings (SSSR count). The third-order valence-corrected chi connectivity index (χ3v) is 8.28. The van der Waals surface area contributed by atoms with Gasteiger partial charge >= 0.3 is 0 Å². The molecule has 2 heterocycles. The molecule has 2 aliphatic heterocycles. The van der Waals surface area contributed by atoms with Crippen molar-refractivity contribution in [3.05, 3.63) is 95.1 Å². The zero-order chi connectivity index (χ0) is 25.4. The monoisotopic (exact) mass is 490 g/mol. The van der Waals surface area contributed by atoms with Gasteiger partial charge < -0.3 is 0 Å². The zero-order valence-electron chi connectivity index (χ0n) is 19.6. The average molecular weight is 490 g/mol. The van der Waals surface area contributed by atoms with Crippen molar-refractivity contribution in [1.29, 1.82) is 0 Å². The van der Waals surface area contributed by atoms with Crippen molar-refractivity contribution >= 4 is 88.3 Å². The molecule has 0 aliphatic carbocycles. The van der Waals surface area contributed by atoms with E-state index in [-0.39, 0.29) is 0 Å². The number of hydrogen-bond donors (Lipinski definition) is 2. The van der Waals surface area contributed by atoms with Crippen molar-refractivity contribution < 1.29 is 19.2 Å². The third-order valence-electron chi connectivity index (χ3n) is 8.28. The van der Waals surface area contributed by atoms with Crippen molar-refractivity contribution in [3.8, 4) is 0 Å². The van der Waals surface area contributed by atoms with Gasteiger partial charge in [-0.2, -0.15) is 0 Å². The van der Waals surface area contributed by atoms with Gasteiger partial charge in [-0.3, -0.25) is 29.8 Å². The van der Waals surface area contributed by atoms with E-state index in [1.807, 2.05) is 60.7 Å². The van der Waals surface area contributed by atoms with Gasteiger partial charge in [-0.15, -0.1) is 0 Å². The smallest absolute Gasteiger partial charge is 0.259 e. The Morgan fingerprint density at radius 3 is 1.11 bits per heavy atom. The summed E-state index contributed by atoms with van der Waals surface area (Å²) in [5.41, 5.74) is 1.89. The number of imide groups is 2. The summed E-state index contributed by atoms with van der Waals surface area (Å²) in [7, 11) is 0. The van der Waals surface area contributed by atoms with Crippen LogP contribution in [0, 0.1) is 0 Å². The van der Waals surface area contributed by atoms with E-state index in [0.29, 0.717) is 33.0 Å². The van der Waals surface area contributed by atoms with Gasteiger partial charge in [0, 0.05) is 21.9 Å². The molecule has 6 heteroatoms. The van der Waals surface area contributed by atoms with Crippen molar-refractivity contribution in [2.24, 2.45) is 0 Å². The molecule has 4 amide bonds. The summed E-state index contributed by atoms with van der Waals surface area (Å²) in [4.78, 5) is 52.5. The molecule has 38 heavy (non-hydrogen) atoms. The van der Waals surface area contributed by atoms with Crippen LogP contribution in [0.4, 0.5) is 0 Å². The Labute approximate surface area is 213 Å². The molecule has 0 bridgehead atoms. The van der Waals surface area contributed by atoms with Crippen molar-refractivity contribution in [2.45, 2.75) is 0 Å². The van der Waals surface area contributed by atoms with Crippen LogP contribution in [0.15, 0.2) is 72.8 Å². The standard InChI is InChI=1S/C32H14N2O4/c35-29-19-11-9-17-18-10-12-20-26-24(18)22(14-6-2-4-8-16(14)28(26)32(38)34-30(20)36)21-13-5-1-3-7-15(13)27(31(37)33-29)25(19)23(17)21/h1-12H,(H,33,35,37)(H,34,36,38). The Balaban J connectivity index is 1.76. The molecule has 0 spiro atoms. The Hall–Kier alpha value is -5.36. The van der Waals surface area contributed by atoms with E-state index in [4.69, 9.17) is 0 Å². The molecule has 2 aliphatic rings. The molecule has 0 aromatic heterocycles. The number of fused-ring (bicyclic) bond motifs is 8. The first-order valence-electron chi connectivity index (χ1n) is 12.3. The Morgan fingerprint density at radius 1 is 0.342 bits per heavy atom. The molecule has 0 saturated heterocycles. The molecule has 6 nitrogen and oxygen atoms in total. The SMILES string of the molecule is O=C1NC(=O)c2c3ccccc3c3c4c2c1ccc4c1ccc2c4c(c5ccccc5c3c41)C(=O)NC2=O. The topological polar surface area (TPSA) is 92.3 Å². The van der Waals surface area contributed by atoms with Gasteiger partial charge in [0.1, 0.15) is 0 Å². The highest BCUT2D eigenvalue weighted by molar-refractivity contribution is 6.49. The number of benzene rings is 7. The zero-order valence-corrected chi connectivity index (χ0v) is 19.6. The number of nitrogens with one attached hydrogen (secondary N) is 2. The summed E-state index contributed by atoms with van der Waals surface area (Å²) in [5, 5.41) is 14.8. The minimum absolute atomic E-state index is 0.412. The molecule has 0 radical (unpaired) electrons. The summed E-state index contributed by atoms with van der Waals surface area (Å²) >= 11 is 0. The lowest BCUT2D eigenvalue weighted by Gasteiger charge is -2.26. The fourth-order valence-electron chi connectivity index (χ4n) is 6.91. The first kappa shape index (κ1) is 19.8. The fraction of sp³-hybridized carbons (Fsp3) is 0. The summed E-state index contributed by atoms with van der Waals surface area (Å²) in [6, 6.07) is 22.8. The van der Waals surface area contributed by atoms with E-state index < -0.39 is 23.6 Å². The van der Waals surface area contributed by atoms with E-state index in [9.17, 15) is 19.2 Å². The van der Waals surface area contributed by atoms with Crippen LogP contribution in [0.3, 0.4) is 0 Å². The Kier molecular flexibility index (Phi) is 3.28. The summed E-state index contributed by atoms with van der Waals surface area (Å²) in [6.07, 6.45) is 0. The van der Waals surface area contributed by atoms with Crippen LogP contribution in [0.25, 0.3) is 64.6 Å². The van der Waals surface area contributed by atoms with E-state index in [2.05, 4.69) is 10.6 Å². The second-order valence-electron chi connectivity index (χ2n) is 9.98. The third kappa shape index (κ3) is 2.05. The molecule has 176 valence electrons. The lowest BCUT2D eigenvalue weighted by atomic mass is 9.78. The van der Waals surface area contributed by atoms with Gasteiger partial charge in [0.2, 0.25) is 0 Å². The number of amides is 4. The molecule has 2 N–H and O–H groups in total. The van der Waals surface area contributed by atoms with Crippen LogP contribution in [-0.4, -0.2) is 23.6 Å². The molecule has 7 aromatic carbocycles. The van der Waals surface area contributed by atoms with Crippen molar-refractivity contribution in [1.82, 2.24) is 10.6 Å². The van der Waals surface area contributed by atoms with Crippen molar-refractivity contribution in [3.63, 3.8) is 0 Å². The normalized spacial score (nSPS) is 14.9. The van der Waals surface area contributed by atoms with E-state index in [0.717, 1.165) is 53.9 Å². The number of hydrogen-bond acceptors (Lipinski definition) is 4. The van der Waals surface area contributed by atoms with Gasteiger partial charge in [0.15, 0.2) is 0 Å². The quantitative estimate of drug-likeness (QED) is 0.159. The summed E-state index contributed by atoms with van der Waals surface area (Å²) in [5.74, 6) is -1.66. The lowest BCUT2D eigenvalue weighted by Crippen LogP contribution is -2.35. The first-order valence-corrected chi connectivity index (χ1v) is 12.3. The number of carbonyl (C=O) groups is 4. The Bertz CT molecular complexity index is 2200. The number of carbonyl (C=O) groups excluding carboxylic acids is 4. The van der Waals surface area contributed by atoms with Crippen molar-refractivity contribution in [2.75, 3.05) is 0 Å². The molecule has 0 saturated carbocycles. The molecule has 0 unspecified atom stereocenters. The largest absolute Gasteiger partial charge is 0.288 e. The van der Waals surface area contributed by atoms with Crippen LogP contribution < -0.4 is 10.6 Å². The maximum Gasteiger partial charge on any atom is 0.259 e. The Morgan fingerprint density at radius 2 is 0.684 bits per heavy atom. The maximum atomic E-state index is 13.3. The summed E-state index contributed by atoms with van der Waals surface area (Å²) in [6.45, 7) is 0. The minimum Gasteiger partial charge on any atom is -0.288 e. The molecule has 0 atom stereocenters. The second-order valence-corrected chi connectivity index (χ2v) is 9.98. The second kappa shape index (κ2) is 6.30. The van der Waals surface area contributed by atoms with Crippen LogP contribution in [-0.2, 0) is 0 Å². The predicted molar refractivity (Wildman–Crippen MR) is 146 cm³/mol. The van der Waals surface area contributed by atoms with E-state index in [1.165, 1.54) is 0 Å². The van der Waals surface area contributed by atoms with Gasteiger partial charge in [-0.1, -0.05) is 60.7 Å². The predicted octanol–water partition coefficient (Wildman–Crippen LogP) is 5.81. The highest BCUT2D eigenvalue weighted by atomic mass is 16.2. The molecule has 7 aromatic rings. The molecular weight excluding hydrogens is 476 g/mol. The average Bonchev–Trinajstić information content (AvgIpc) is 2.93. The van der Waals surface area contributed by atoms with Gasteiger partial charge in [-0.25, -0.2) is 0 Å². The van der Waals surface area contributed by atoms with Crippen LogP contribution >= 0.6 is 0 Å². The summed E-state index contributed by atoms with van der Waals surface area (Å²) < 4.78 is 0. The highest BCUT2D eigenvalue weighted by Crippen LogP contribution is 2.50. The van der Waals surface area contributed by atoms with Gasteiger partial charge in [0.25, 0.3) is 23.6 Å². The van der Waals surface area contributed by atoms with E-state index in [1.54, 1.807) is 12.1 Å². The van der Waals surface area contributed by atoms with Gasteiger partial charge in [0.05, 0.1) is 11.1 Å². The molecule has 0 fully saturated rings.